The second kappa shape index (κ2) is 8.46. The van der Waals surface area contributed by atoms with Gasteiger partial charge in [-0.15, -0.1) is 10.2 Å². The van der Waals surface area contributed by atoms with E-state index in [9.17, 15) is 10.2 Å². The van der Waals surface area contributed by atoms with Crippen LogP contribution in [0, 0.1) is 0 Å². The Bertz CT molecular complexity index is 735. The number of rotatable bonds is 7. The van der Waals surface area contributed by atoms with Crippen LogP contribution in [0.15, 0.2) is 58.0 Å². The quantitative estimate of drug-likeness (QED) is 0.265. The average Bonchev–Trinajstić information content (AvgIpc) is 2.58. The normalized spacial score (nSPS) is 11.5. The highest BCUT2D eigenvalue weighted by atomic mass is 16.5. The summed E-state index contributed by atoms with van der Waals surface area (Å²) < 4.78 is 4.99. The summed E-state index contributed by atoms with van der Waals surface area (Å²) in [6, 6.07) is 11.8. The summed E-state index contributed by atoms with van der Waals surface area (Å²) in [5.41, 5.74) is 3.51. The molecule has 5 N–H and O–H groups in total. The highest BCUT2D eigenvalue weighted by Gasteiger charge is 2.05. The Hall–Kier alpha value is -3.17. The molecule has 0 spiro atoms. The topological polar surface area (TPSA) is 128 Å². The molecule has 0 radical (unpaired) electrons. The number of hydrazine groups is 2. The molecule has 9 nitrogen and oxygen atoms in total. The van der Waals surface area contributed by atoms with E-state index >= 15 is 0 Å². The molecule has 0 aliphatic rings. The Labute approximate surface area is 138 Å². The van der Waals surface area contributed by atoms with E-state index in [4.69, 9.17) is 10.6 Å². The molecule has 0 heterocycles. The molecule has 0 aliphatic heterocycles. The molecule has 0 saturated carbocycles. The number of nitrogens with one attached hydrogen (secondary N) is 1. The van der Waals surface area contributed by atoms with Crippen molar-refractivity contribution in [3.8, 4) is 17.2 Å². The number of nitrogens with two attached hydrogens (primary N) is 1. The van der Waals surface area contributed by atoms with E-state index in [1.807, 2.05) is 0 Å². The van der Waals surface area contributed by atoms with Gasteiger partial charge < -0.3 is 14.9 Å². The van der Waals surface area contributed by atoms with Gasteiger partial charge in [-0.25, -0.2) is 11.4 Å². The van der Waals surface area contributed by atoms with Gasteiger partial charge in [-0.3, -0.25) is 0 Å². The number of methoxy groups -OCH3 is 1. The van der Waals surface area contributed by atoms with E-state index in [0.717, 1.165) is 5.12 Å². The number of hydrogen-bond acceptors (Lipinski definition) is 7. The third-order valence-electron chi connectivity index (χ3n) is 3.05. The summed E-state index contributed by atoms with van der Waals surface area (Å²) >= 11 is 0. The fourth-order valence-electron chi connectivity index (χ4n) is 1.86. The van der Waals surface area contributed by atoms with Crippen LogP contribution in [0.3, 0.4) is 0 Å². The summed E-state index contributed by atoms with van der Waals surface area (Å²) in [5.74, 6) is 6.12. The lowest BCUT2D eigenvalue weighted by molar-refractivity contribution is 0.177. The lowest BCUT2D eigenvalue weighted by Crippen LogP contribution is -2.39. The molecule has 24 heavy (non-hydrogen) atoms. The average molecular weight is 330 g/mol. The number of para-hydroxylation sites is 2. The maximum Gasteiger partial charge on any atom is 0.166 e. The third kappa shape index (κ3) is 4.66. The van der Waals surface area contributed by atoms with Gasteiger partial charge in [0.15, 0.2) is 11.5 Å². The molecule has 0 amide bonds. The highest BCUT2D eigenvalue weighted by Crippen LogP contribution is 2.27. The Kier molecular flexibility index (Phi) is 6.06. The largest absolute Gasteiger partial charge is 0.508 e. The molecule has 0 atom stereocenters. The summed E-state index contributed by atoms with van der Waals surface area (Å²) in [4.78, 5) is 0. The molecular formula is C15H18N6O3. The van der Waals surface area contributed by atoms with E-state index in [0.29, 0.717) is 16.9 Å². The molecule has 0 unspecified atom stereocenters. The monoisotopic (exact) mass is 330 g/mol. The zero-order chi connectivity index (χ0) is 17.4. The van der Waals surface area contributed by atoms with Gasteiger partial charge in [0.25, 0.3) is 0 Å². The van der Waals surface area contributed by atoms with Crippen LogP contribution >= 0.6 is 0 Å². The van der Waals surface area contributed by atoms with Gasteiger partial charge in [-0.05, 0) is 28.6 Å². The second-order valence-corrected chi connectivity index (χ2v) is 4.69. The Morgan fingerprint density at radius 2 is 2.00 bits per heavy atom. The lowest BCUT2D eigenvalue weighted by Gasteiger charge is -2.14. The van der Waals surface area contributed by atoms with Crippen molar-refractivity contribution < 1.29 is 14.9 Å². The van der Waals surface area contributed by atoms with Crippen LogP contribution in [-0.2, 0) is 6.54 Å². The van der Waals surface area contributed by atoms with Crippen molar-refractivity contribution in [2.24, 2.45) is 21.4 Å². The highest BCUT2D eigenvalue weighted by molar-refractivity contribution is 5.84. The van der Waals surface area contributed by atoms with Crippen molar-refractivity contribution in [1.82, 2.24) is 10.7 Å². The second-order valence-electron chi connectivity index (χ2n) is 4.69. The fourth-order valence-corrected chi connectivity index (χ4v) is 1.86. The first kappa shape index (κ1) is 17.2. The van der Waals surface area contributed by atoms with Gasteiger partial charge in [-0.2, -0.15) is 0 Å². The van der Waals surface area contributed by atoms with Crippen molar-refractivity contribution in [2.45, 2.75) is 6.54 Å². The number of nitrogens with zero attached hydrogens (tertiary/aromatic N) is 4. The fraction of sp³-hybridized carbons (Fsp3) is 0.133. The molecule has 126 valence electrons. The van der Waals surface area contributed by atoms with Crippen LogP contribution in [-0.4, -0.2) is 28.7 Å². The maximum absolute atomic E-state index is 9.87. The minimum Gasteiger partial charge on any atom is -0.508 e. The van der Waals surface area contributed by atoms with Crippen molar-refractivity contribution in [3.05, 3.63) is 53.6 Å². The zero-order valence-corrected chi connectivity index (χ0v) is 13.0. The number of aromatic hydroxyl groups is 2. The molecule has 0 fully saturated rings. The first-order chi connectivity index (χ1) is 11.6. The lowest BCUT2D eigenvalue weighted by atomic mass is 10.2. The molecule has 0 saturated heterocycles. The SMILES string of the molecule is COc1cccc(C=NN=NNN(N)Cc2ccccc2O)c1O. The van der Waals surface area contributed by atoms with Crippen molar-refractivity contribution in [3.63, 3.8) is 0 Å². The first-order valence-corrected chi connectivity index (χ1v) is 6.95. The molecule has 0 bridgehead atoms. The van der Waals surface area contributed by atoms with Gasteiger partial charge in [0.05, 0.1) is 19.9 Å². The molecule has 2 aromatic carbocycles. The minimum atomic E-state index is -0.0353. The summed E-state index contributed by atoms with van der Waals surface area (Å²) in [6.07, 6.45) is 1.33. The van der Waals surface area contributed by atoms with Crippen LogP contribution in [0.1, 0.15) is 11.1 Å². The predicted octanol–water partition coefficient (Wildman–Crippen LogP) is 1.69. The summed E-state index contributed by atoms with van der Waals surface area (Å²) in [5, 5.41) is 31.4. The van der Waals surface area contributed by atoms with Gasteiger partial charge in [0.1, 0.15) is 5.75 Å². The Morgan fingerprint density at radius 1 is 1.21 bits per heavy atom. The van der Waals surface area contributed by atoms with Crippen molar-refractivity contribution in [2.75, 3.05) is 7.11 Å². The van der Waals surface area contributed by atoms with Crippen LogP contribution in [0.5, 0.6) is 17.2 Å². The molecular weight excluding hydrogens is 312 g/mol. The zero-order valence-electron chi connectivity index (χ0n) is 13.0. The van der Waals surface area contributed by atoms with E-state index in [1.54, 1.807) is 42.5 Å². The number of phenolic OH excluding ortho intramolecular Hbond substituents is 2. The maximum atomic E-state index is 9.87. The standard InChI is InChI=1S/C15H18N6O3/c1-24-14-8-4-6-11(15(14)23)9-17-18-19-20-21(16)10-12-5-2-3-7-13(12)22/h2-9,22-23H,10,16H2,1H3,(H,18,20). The first-order valence-electron chi connectivity index (χ1n) is 6.95. The third-order valence-corrected chi connectivity index (χ3v) is 3.05. The van der Waals surface area contributed by atoms with Gasteiger partial charge in [0.2, 0.25) is 0 Å². The van der Waals surface area contributed by atoms with Crippen LogP contribution in [0.4, 0.5) is 0 Å². The molecule has 2 rings (SSSR count). The van der Waals surface area contributed by atoms with Gasteiger partial charge in [-0.1, -0.05) is 24.3 Å². The number of hydrogen-bond donors (Lipinski definition) is 4. The van der Waals surface area contributed by atoms with E-state index in [1.165, 1.54) is 13.3 Å². The van der Waals surface area contributed by atoms with E-state index in [2.05, 4.69) is 21.1 Å². The van der Waals surface area contributed by atoms with Crippen molar-refractivity contribution >= 4 is 6.21 Å². The number of ether oxygens (including phenoxy) is 1. The molecule has 0 aliphatic carbocycles. The number of benzene rings is 2. The molecule has 0 aromatic heterocycles. The van der Waals surface area contributed by atoms with Crippen LogP contribution in [0.2, 0.25) is 0 Å². The predicted molar refractivity (Wildman–Crippen MR) is 88.1 cm³/mol. The van der Waals surface area contributed by atoms with Crippen LogP contribution in [0.25, 0.3) is 0 Å². The minimum absolute atomic E-state index is 0.0353. The van der Waals surface area contributed by atoms with Gasteiger partial charge >= 0.3 is 0 Å². The molecule has 9 heteroatoms. The Balaban J connectivity index is 1.87. The van der Waals surface area contributed by atoms with E-state index < -0.39 is 0 Å². The van der Waals surface area contributed by atoms with Crippen LogP contribution < -0.4 is 16.1 Å². The Morgan fingerprint density at radius 3 is 2.75 bits per heavy atom. The number of phenols is 2. The van der Waals surface area contributed by atoms with Crippen molar-refractivity contribution in [1.29, 1.82) is 0 Å². The van der Waals surface area contributed by atoms with E-state index in [-0.39, 0.29) is 18.0 Å². The smallest absolute Gasteiger partial charge is 0.166 e. The molecule has 2 aromatic rings. The summed E-state index contributed by atoms with van der Waals surface area (Å²) in [7, 11) is 1.46. The van der Waals surface area contributed by atoms with Gasteiger partial charge in [0, 0.05) is 11.1 Å². The summed E-state index contributed by atoms with van der Waals surface area (Å²) in [6.45, 7) is 0.214.